The topological polar surface area (TPSA) is 37.8 Å². The summed E-state index contributed by atoms with van der Waals surface area (Å²) in [5.41, 5.74) is 1.19. The second-order valence-corrected chi connectivity index (χ2v) is 6.19. The summed E-state index contributed by atoms with van der Waals surface area (Å²) in [6, 6.07) is 0. The molecule has 0 radical (unpaired) electrons. The molecule has 1 N–H and O–H groups in total. The lowest BCUT2D eigenvalue weighted by Crippen LogP contribution is -2.37. The van der Waals surface area contributed by atoms with Crippen LogP contribution in [0.4, 0.5) is 5.82 Å². The minimum Gasteiger partial charge on any atom is -0.365 e. The number of rotatable bonds is 3. The van der Waals surface area contributed by atoms with E-state index >= 15 is 0 Å². The lowest BCUT2D eigenvalue weighted by Gasteiger charge is -2.36. The van der Waals surface area contributed by atoms with Crippen molar-refractivity contribution in [3.8, 4) is 0 Å². The Morgan fingerprint density at radius 3 is 2.50 bits per heavy atom. The molecule has 1 aromatic rings. The van der Waals surface area contributed by atoms with E-state index in [4.69, 9.17) is 11.6 Å². The molecular formula is C14H22ClN3. The summed E-state index contributed by atoms with van der Waals surface area (Å²) in [6.07, 6.45) is 7.87. The van der Waals surface area contributed by atoms with Gasteiger partial charge in [0.2, 0.25) is 0 Å². The molecule has 100 valence electrons. The highest BCUT2D eigenvalue weighted by Gasteiger charge is 2.28. The Morgan fingerprint density at radius 2 is 1.89 bits per heavy atom. The third-order valence-corrected chi connectivity index (χ3v) is 4.09. The van der Waals surface area contributed by atoms with Crippen molar-refractivity contribution in [1.82, 2.24) is 9.97 Å². The number of anilines is 1. The van der Waals surface area contributed by atoms with Crippen molar-refractivity contribution in [1.29, 1.82) is 0 Å². The zero-order valence-electron chi connectivity index (χ0n) is 11.5. The SMILES string of the molecule is CC(C)c1c(Cl)ncnc1NC1(C)CCCCC1. The predicted molar refractivity (Wildman–Crippen MR) is 76.2 cm³/mol. The zero-order valence-corrected chi connectivity index (χ0v) is 12.2. The Hall–Kier alpha value is -0.830. The van der Waals surface area contributed by atoms with Crippen LogP contribution in [0.2, 0.25) is 5.15 Å². The molecule has 0 saturated heterocycles. The van der Waals surface area contributed by atoms with Crippen LogP contribution in [0.15, 0.2) is 6.33 Å². The quantitative estimate of drug-likeness (QED) is 0.826. The van der Waals surface area contributed by atoms with Crippen LogP contribution in [0.25, 0.3) is 0 Å². The minimum atomic E-state index is 0.152. The fourth-order valence-electron chi connectivity index (χ4n) is 2.73. The Morgan fingerprint density at radius 1 is 1.22 bits per heavy atom. The highest BCUT2D eigenvalue weighted by molar-refractivity contribution is 6.30. The molecular weight excluding hydrogens is 246 g/mol. The van der Waals surface area contributed by atoms with Crippen LogP contribution in [0.3, 0.4) is 0 Å². The molecule has 0 bridgehead atoms. The number of hydrogen-bond donors (Lipinski definition) is 1. The molecule has 1 heterocycles. The van der Waals surface area contributed by atoms with Gasteiger partial charge in [0.1, 0.15) is 17.3 Å². The van der Waals surface area contributed by atoms with Crippen LogP contribution >= 0.6 is 11.6 Å². The Labute approximate surface area is 114 Å². The van der Waals surface area contributed by atoms with E-state index in [0.29, 0.717) is 11.1 Å². The molecule has 1 saturated carbocycles. The number of hydrogen-bond acceptors (Lipinski definition) is 3. The van der Waals surface area contributed by atoms with Crippen molar-refractivity contribution >= 4 is 17.4 Å². The molecule has 0 amide bonds. The predicted octanol–water partition coefficient (Wildman–Crippen LogP) is 4.39. The fraction of sp³-hybridized carbons (Fsp3) is 0.714. The monoisotopic (exact) mass is 267 g/mol. The molecule has 1 fully saturated rings. The molecule has 0 atom stereocenters. The maximum atomic E-state index is 6.20. The van der Waals surface area contributed by atoms with Gasteiger partial charge in [-0.25, -0.2) is 9.97 Å². The maximum absolute atomic E-state index is 6.20. The van der Waals surface area contributed by atoms with Gasteiger partial charge < -0.3 is 5.32 Å². The van der Waals surface area contributed by atoms with Gasteiger partial charge in [0.15, 0.2) is 0 Å². The first kappa shape index (κ1) is 13.6. The Bertz CT molecular complexity index is 412. The normalized spacial score (nSPS) is 18.9. The molecule has 1 aliphatic carbocycles. The summed E-state index contributed by atoms with van der Waals surface area (Å²) in [5, 5.41) is 4.18. The van der Waals surface area contributed by atoms with E-state index in [1.54, 1.807) is 6.33 Å². The fourth-order valence-corrected chi connectivity index (χ4v) is 3.08. The summed E-state index contributed by atoms with van der Waals surface area (Å²) in [5.74, 6) is 1.24. The molecule has 18 heavy (non-hydrogen) atoms. The van der Waals surface area contributed by atoms with E-state index in [9.17, 15) is 0 Å². The molecule has 2 rings (SSSR count). The summed E-state index contributed by atoms with van der Waals surface area (Å²) < 4.78 is 0. The third-order valence-electron chi connectivity index (χ3n) is 3.79. The smallest absolute Gasteiger partial charge is 0.138 e. The van der Waals surface area contributed by atoms with Crippen LogP contribution in [0, 0.1) is 0 Å². The van der Waals surface area contributed by atoms with Crippen molar-refractivity contribution in [3.05, 3.63) is 17.0 Å². The van der Waals surface area contributed by atoms with Crippen molar-refractivity contribution in [2.75, 3.05) is 5.32 Å². The molecule has 0 aromatic carbocycles. The van der Waals surface area contributed by atoms with Gasteiger partial charge in [0, 0.05) is 11.1 Å². The van der Waals surface area contributed by atoms with Crippen molar-refractivity contribution in [2.24, 2.45) is 0 Å². The number of nitrogens with zero attached hydrogens (tertiary/aromatic N) is 2. The van der Waals surface area contributed by atoms with E-state index < -0.39 is 0 Å². The lowest BCUT2D eigenvalue weighted by molar-refractivity contribution is 0.348. The van der Waals surface area contributed by atoms with Crippen LogP contribution in [0.1, 0.15) is 64.4 Å². The molecule has 0 spiro atoms. The standard InChI is InChI=1S/C14H22ClN3/c1-10(2)11-12(15)16-9-17-13(11)18-14(3)7-5-4-6-8-14/h9-10H,4-8H2,1-3H3,(H,16,17,18). The van der Waals surface area contributed by atoms with Gasteiger partial charge in [-0.05, 0) is 25.7 Å². The van der Waals surface area contributed by atoms with Crippen LogP contribution in [-0.2, 0) is 0 Å². The van der Waals surface area contributed by atoms with E-state index in [0.717, 1.165) is 11.4 Å². The maximum Gasteiger partial charge on any atom is 0.138 e. The van der Waals surface area contributed by atoms with E-state index in [-0.39, 0.29) is 5.54 Å². The van der Waals surface area contributed by atoms with Crippen molar-refractivity contribution in [3.63, 3.8) is 0 Å². The second-order valence-electron chi connectivity index (χ2n) is 5.83. The number of nitrogens with one attached hydrogen (secondary N) is 1. The van der Waals surface area contributed by atoms with Gasteiger partial charge in [0.05, 0.1) is 0 Å². The van der Waals surface area contributed by atoms with Gasteiger partial charge in [-0.1, -0.05) is 44.7 Å². The summed E-state index contributed by atoms with van der Waals surface area (Å²) in [6.45, 7) is 6.53. The van der Waals surface area contributed by atoms with Gasteiger partial charge >= 0.3 is 0 Å². The lowest BCUT2D eigenvalue weighted by atomic mass is 9.83. The van der Waals surface area contributed by atoms with E-state index in [2.05, 4.69) is 36.1 Å². The van der Waals surface area contributed by atoms with Gasteiger partial charge in [0.25, 0.3) is 0 Å². The zero-order chi connectivity index (χ0) is 13.2. The van der Waals surface area contributed by atoms with Crippen molar-refractivity contribution in [2.45, 2.75) is 64.3 Å². The highest BCUT2D eigenvalue weighted by atomic mass is 35.5. The first-order valence-corrected chi connectivity index (χ1v) is 7.18. The van der Waals surface area contributed by atoms with E-state index in [1.165, 1.54) is 32.1 Å². The minimum absolute atomic E-state index is 0.152. The molecule has 0 unspecified atom stereocenters. The van der Waals surface area contributed by atoms with Crippen LogP contribution in [-0.4, -0.2) is 15.5 Å². The molecule has 3 nitrogen and oxygen atoms in total. The largest absolute Gasteiger partial charge is 0.365 e. The van der Waals surface area contributed by atoms with Gasteiger partial charge in [-0.2, -0.15) is 0 Å². The van der Waals surface area contributed by atoms with Gasteiger partial charge in [-0.3, -0.25) is 0 Å². The number of halogens is 1. The first-order chi connectivity index (χ1) is 8.52. The summed E-state index contributed by atoms with van der Waals surface area (Å²) in [4.78, 5) is 8.48. The summed E-state index contributed by atoms with van der Waals surface area (Å²) >= 11 is 6.20. The van der Waals surface area contributed by atoms with Crippen LogP contribution in [0.5, 0.6) is 0 Å². The van der Waals surface area contributed by atoms with Crippen molar-refractivity contribution < 1.29 is 0 Å². The molecule has 1 aromatic heterocycles. The highest BCUT2D eigenvalue weighted by Crippen LogP contribution is 2.34. The Kier molecular flexibility index (Phi) is 4.10. The molecule has 4 heteroatoms. The number of aromatic nitrogens is 2. The summed E-state index contributed by atoms with van der Waals surface area (Å²) in [7, 11) is 0. The van der Waals surface area contributed by atoms with Crippen LogP contribution < -0.4 is 5.32 Å². The molecule has 0 aliphatic heterocycles. The molecule has 1 aliphatic rings. The third kappa shape index (κ3) is 2.94. The average Bonchev–Trinajstić information content (AvgIpc) is 2.28. The average molecular weight is 268 g/mol. The first-order valence-electron chi connectivity index (χ1n) is 6.80. The van der Waals surface area contributed by atoms with Gasteiger partial charge in [-0.15, -0.1) is 0 Å². The second kappa shape index (κ2) is 5.43. The van der Waals surface area contributed by atoms with E-state index in [1.807, 2.05) is 0 Å². The Balaban J connectivity index is 2.25.